The number of carbonyl (C=O) groups excluding carboxylic acids is 1. The number of para-hydroxylation sites is 1. The minimum atomic E-state index is 0.379. The fraction of sp³-hybridized carbons (Fsp3) is 0.591. The van der Waals surface area contributed by atoms with Gasteiger partial charge < -0.3 is 9.64 Å². The number of nitrogens with zero attached hydrogens (tertiary/aromatic N) is 2. The second-order valence-corrected chi connectivity index (χ2v) is 7.51. The van der Waals surface area contributed by atoms with Gasteiger partial charge in [-0.1, -0.05) is 30.4 Å². The van der Waals surface area contributed by atoms with E-state index in [2.05, 4.69) is 28.0 Å². The zero-order chi connectivity index (χ0) is 18.2. The highest BCUT2D eigenvalue weighted by Gasteiger charge is 2.22. The maximum atomic E-state index is 12.2. The third kappa shape index (κ3) is 5.34. The van der Waals surface area contributed by atoms with Gasteiger partial charge in [0.2, 0.25) is 5.91 Å². The van der Waals surface area contributed by atoms with Crippen molar-refractivity contribution < 1.29 is 9.53 Å². The van der Waals surface area contributed by atoms with E-state index in [0.717, 1.165) is 62.8 Å². The lowest BCUT2D eigenvalue weighted by atomic mass is 9.92. The summed E-state index contributed by atoms with van der Waals surface area (Å²) < 4.78 is 5.39. The predicted molar refractivity (Wildman–Crippen MR) is 106 cm³/mol. The molecule has 0 N–H and O–H groups in total. The summed E-state index contributed by atoms with van der Waals surface area (Å²) >= 11 is 0. The van der Waals surface area contributed by atoms with E-state index in [4.69, 9.17) is 4.74 Å². The van der Waals surface area contributed by atoms with Gasteiger partial charge in [0, 0.05) is 31.6 Å². The molecule has 2 aliphatic heterocycles. The number of benzene rings is 1. The SMILES string of the molecule is COc1ccccc1/C=C/CN1CCC(CCC(=O)N2CCCC2)CC1. The minimum Gasteiger partial charge on any atom is -0.496 e. The molecule has 0 spiro atoms. The van der Waals surface area contributed by atoms with Crippen molar-refractivity contribution in [1.29, 1.82) is 0 Å². The smallest absolute Gasteiger partial charge is 0.222 e. The highest BCUT2D eigenvalue weighted by Crippen LogP contribution is 2.23. The van der Waals surface area contributed by atoms with Crippen molar-refractivity contribution >= 4 is 12.0 Å². The van der Waals surface area contributed by atoms with Crippen molar-refractivity contribution in [2.24, 2.45) is 5.92 Å². The molecule has 0 radical (unpaired) electrons. The molecular formula is C22H32N2O2. The first-order chi connectivity index (χ1) is 12.8. The van der Waals surface area contributed by atoms with Crippen LogP contribution in [0.3, 0.4) is 0 Å². The van der Waals surface area contributed by atoms with Gasteiger partial charge in [0.25, 0.3) is 0 Å². The van der Waals surface area contributed by atoms with Crippen LogP contribution < -0.4 is 4.74 Å². The van der Waals surface area contributed by atoms with E-state index in [-0.39, 0.29) is 0 Å². The third-order valence-corrected chi connectivity index (χ3v) is 5.73. The van der Waals surface area contributed by atoms with Crippen LogP contribution in [0.15, 0.2) is 30.3 Å². The van der Waals surface area contributed by atoms with E-state index >= 15 is 0 Å². The number of hydrogen-bond acceptors (Lipinski definition) is 3. The third-order valence-electron chi connectivity index (χ3n) is 5.73. The average Bonchev–Trinajstić information content (AvgIpc) is 3.22. The molecule has 0 unspecified atom stereocenters. The molecule has 4 heteroatoms. The highest BCUT2D eigenvalue weighted by molar-refractivity contribution is 5.76. The van der Waals surface area contributed by atoms with E-state index in [1.54, 1.807) is 7.11 Å². The lowest BCUT2D eigenvalue weighted by Gasteiger charge is -2.31. The number of ether oxygens (including phenoxy) is 1. The Morgan fingerprint density at radius 2 is 1.88 bits per heavy atom. The first-order valence-electron chi connectivity index (χ1n) is 10.1. The van der Waals surface area contributed by atoms with Crippen LogP contribution in [0.1, 0.15) is 44.1 Å². The summed E-state index contributed by atoms with van der Waals surface area (Å²) in [5.41, 5.74) is 1.13. The van der Waals surface area contributed by atoms with Gasteiger partial charge in [0.15, 0.2) is 0 Å². The number of likely N-dealkylation sites (tertiary alicyclic amines) is 2. The standard InChI is InChI=1S/C22H32N2O2/c1-26-21-9-3-2-7-20(21)8-6-14-23-17-12-19(13-18-23)10-11-22(25)24-15-4-5-16-24/h2-3,6-9,19H,4-5,10-18H2,1H3/b8-6+. The molecule has 2 heterocycles. The zero-order valence-corrected chi connectivity index (χ0v) is 16.0. The van der Waals surface area contributed by atoms with Crippen LogP contribution in [0.2, 0.25) is 0 Å². The van der Waals surface area contributed by atoms with Crippen molar-refractivity contribution in [3.63, 3.8) is 0 Å². The normalized spacial score (nSPS) is 19.3. The number of rotatable bonds is 7. The van der Waals surface area contributed by atoms with Crippen LogP contribution in [0.4, 0.5) is 0 Å². The molecule has 0 saturated carbocycles. The van der Waals surface area contributed by atoms with Gasteiger partial charge in [-0.2, -0.15) is 0 Å². The largest absolute Gasteiger partial charge is 0.496 e. The van der Waals surface area contributed by atoms with Crippen LogP contribution in [-0.4, -0.2) is 55.5 Å². The van der Waals surface area contributed by atoms with E-state index in [9.17, 15) is 4.79 Å². The van der Waals surface area contributed by atoms with Crippen LogP contribution in [0.25, 0.3) is 6.08 Å². The van der Waals surface area contributed by atoms with Crippen molar-refractivity contribution in [3.8, 4) is 5.75 Å². The van der Waals surface area contributed by atoms with Gasteiger partial charge in [-0.25, -0.2) is 0 Å². The number of amides is 1. The molecule has 2 saturated heterocycles. The van der Waals surface area contributed by atoms with Crippen molar-refractivity contribution in [1.82, 2.24) is 9.80 Å². The van der Waals surface area contributed by atoms with E-state index in [1.807, 2.05) is 18.2 Å². The minimum absolute atomic E-state index is 0.379. The molecule has 0 bridgehead atoms. The molecule has 3 rings (SSSR count). The number of hydrogen-bond donors (Lipinski definition) is 0. The molecule has 0 aliphatic carbocycles. The molecule has 0 aromatic heterocycles. The average molecular weight is 357 g/mol. The maximum Gasteiger partial charge on any atom is 0.222 e. The van der Waals surface area contributed by atoms with Gasteiger partial charge in [0.05, 0.1) is 7.11 Å². The van der Waals surface area contributed by atoms with Crippen molar-refractivity contribution in [2.45, 2.75) is 38.5 Å². The second kappa shape index (κ2) is 9.77. The topological polar surface area (TPSA) is 32.8 Å². The van der Waals surface area contributed by atoms with Crippen molar-refractivity contribution in [3.05, 3.63) is 35.9 Å². The quantitative estimate of drug-likeness (QED) is 0.744. The van der Waals surface area contributed by atoms with Gasteiger partial charge in [-0.15, -0.1) is 0 Å². The predicted octanol–water partition coefficient (Wildman–Crippen LogP) is 3.82. The lowest BCUT2D eigenvalue weighted by Crippen LogP contribution is -2.34. The molecule has 4 nitrogen and oxygen atoms in total. The molecule has 142 valence electrons. The summed E-state index contributed by atoms with van der Waals surface area (Å²) in [6.07, 6.45) is 11.0. The van der Waals surface area contributed by atoms with Gasteiger partial charge in [-0.3, -0.25) is 9.69 Å². The molecule has 0 atom stereocenters. The highest BCUT2D eigenvalue weighted by atomic mass is 16.5. The Hall–Kier alpha value is -1.81. The Morgan fingerprint density at radius 1 is 1.15 bits per heavy atom. The first-order valence-corrected chi connectivity index (χ1v) is 10.1. The summed E-state index contributed by atoms with van der Waals surface area (Å²) in [7, 11) is 1.71. The molecule has 2 fully saturated rings. The van der Waals surface area contributed by atoms with E-state index < -0.39 is 0 Å². The van der Waals surface area contributed by atoms with Crippen LogP contribution in [0, 0.1) is 5.92 Å². The number of piperidine rings is 1. The Bertz CT molecular complexity index is 600. The van der Waals surface area contributed by atoms with Gasteiger partial charge in [-0.05, 0) is 57.2 Å². The van der Waals surface area contributed by atoms with E-state index in [1.165, 1.54) is 25.7 Å². The maximum absolute atomic E-state index is 12.2. The van der Waals surface area contributed by atoms with Crippen LogP contribution in [-0.2, 0) is 4.79 Å². The number of carbonyl (C=O) groups is 1. The number of methoxy groups -OCH3 is 1. The Labute approximate surface area is 157 Å². The summed E-state index contributed by atoms with van der Waals surface area (Å²) in [4.78, 5) is 16.7. The fourth-order valence-electron chi connectivity index (χ4n) is 4.04. The summed E-state index contributed by atoms with van der Waals surface area (Å²) in [6.45, 7) is 5.22. The van der Waals surface area contributed by atoms with Gasteiger partial charge in [0.1, 0.15) is 5.75 Å². The van der Waals surface area contributed by atoms with Gasteiger partial charge >= 0.3 is 0 Å². The lowest BCUT2D eigenvalue weighted by molar-refractivity contribution is -0.130. The molecule has 2 aliphatic rings. The Balaban J connectivity index is 1.36. The van der Waals surface area contributed by atoms with Crippen LogP contribution in [0.5, 0.6) is 5.75 Å². The summed E-state index contributed by atoms with van der Waals surface area (Å²) in [5, 5.41) is 0. The first kappa shape index (κ1) is 19.0. The molecular weight excluding hydrogens is 324 g/mol. The zero-order valence-electron chi connectivity index (χ0n) is 16.0. The summed E-state index contributed by atoms with van der Waals surface area (Å²) in [6, 6.07) is 8.11. The van der Waals surface area contributed by atoms with Crippen molar-refractivity contribution in [2.75, 3.05) is 39.8 Å². The Morgan fingerprint density at radius 3 is 2.62 bits per heavy atom. The van der Waals surface area contributed by atoms with Crippen LogP contribution >= 0.6 is 0 Å². The Kier molecular flexibility index (Phi) is 7.13. The molecule has 1 amide bonds. The summed E-state index contributed by atoms with van der Waals surface area (Å²) in [5.74, 6) is 2.02. The molecule has 1 aromatic carbocycles. The fourth-order valence-corrected chi connectivity index (χ4v) is 4.04. The molecule has 26 heavy (non-hydrogen) atoms. The second-order valence-electron chi connectivity index (χ2n) is 7.51. The van der Waals surface area contributed by atoms with E-state index in [0.29, 0.717) is 5.91 Å². The monoisotopic (exact) mass is 356 g/mol. The molecule has 1 aromatic rings.